The Morgan fingerprint density at radius 1 is 1.38 bits per heavy atom. The number of alkyl halides is 2. The van der Waals surface area contributed by atoms with Crippen molar-refractivity contribution in [2.24, 2.45) is 0 Å². The molecule has 2 N–H and O–H groups in total. The van der Waals surface area contributed by atoms with E-state index in [1.165, 1.54) is 0 Å². The number of halogens is 2. The zero-order chi connectivity index (χ0) is 16.0. The van der Waals surface area contributed by atoms with Crippen LogP contribution in [0.3, 0.4) is 0 Å². The first-order valence-electron chi connectivity index (χ1n) is 6.40. The van der Waals surface area contributed by atoms with Crippen molar-refractivity contribution in [2.45, 2.75) is 32.8 Å². The molecule has 118 valence electrons. The lowest BCUT2D eigenvalue weighted by molar-refractivity contribution is 0.0520. The topological polar surface area (TPSA) is 67.8 Å². The van der Waals surface area contributed by atoms with Crippen LogP contribution in [0.4, 0.5) is 13.6 Å². The van der Waals surface area contributed by atoms with Gasteiger partial charge in [-0.3, -0.25) is 0 Å². The molecular formula is C14H19F2NO4. The lowest BCUT2D eigenvalue weighted by atomic mass is 10.2. The van der Waals surface area contributed by atoms with E-state index < -0.39 is 18.1 Å². The second kappa shape index (κ2) is 7.10. The Bertz CT molecular complexity index is 486. The Morgan fingerprint density at radius 2 is 2.05 bits per heavy atom. The van der Waals surface area contributed by atoms with Crippen molar-refractivity contribution >= 4 is 6.09 Å². The van der Waals surface area contributed by atoms with Crippen LogP contribution < -0.4 is 10.1 Å². The van der Waals surface area contributed by atoms with Gasteiger partial charge in [0.2, 0.25) is 0 Å². The summed E-state index contributed by atoms with van der Waals surface area (Å²) in [5.74, 6) is -0.296. The van der Waals surface area contributed by atoms with Crippen molar-refractivity contribution in [3.63, 3.8) is 0 Å². The van der Waals surface area contributed by atoms with Crippen LogP contribution in [0.15, 0.2) is 18.2 Å². The van der Waals surface area contributed by atoms with Gasteiger partial charge in [0.1, 0.15) is 12.2 Å². The van der Waals surface area contributed by atoms with Crippen LogP contribution in [0.1, 0.15) is 32.8 Å². The Morgan fingerprint density at radius 3 is 2.62 bits per heavy atom. The minimum Gasteiger partial charge on any atom is -0.504 e. The predicted molar refractivity (Wildman–Crippen MR) is 72.8 cm³/mol. The minimum atomic E-state index is -2.65. The molecule has 0 saturated heterocycles. The van der Waals surface area contributed by atoms with Crippen LogP contribution in [0, 0.1) is 0 Å². The summed E-state index contributed by atoms with van der Waals surface area (Å²) in [4.78, 5) is 11.3. The average Bonchev–Trinajstić information content (AvgIpc) is 2.34. The Balaban J connectivity index is 2.42. The summed E-state index contributed by atoms with van der Waals surface area (Å²) in [6.45, 7) is 5.33. The predicted octanol–water partition coefficient (Wildman–Crippen LogP) is 3.23. The van der Waals surface area contributed by atoms with Crippen molar-refractivity contribution in [3.05, 3.63) is 23.8 Å². The number of rotatable bonds is 5. The molecule has 0 atom stereocenters. The van der Waals surface area contributed by atoms with Crippen molar-refractivity contribution in [1.29, 1.82) is 0 Å². The van der Waals surface area contributed by atoms with Gasteiger partial charge in [0.25, 0.3) is 6.43 Å². The lowest BCUT2D eigenvalue weighted by Gasteiger charge is -2.19. The highest BCUT2D eigenvalue weighted by molar-refractivity contribution is 5.67. The van der Waals surface area contributed by atoms with Gasteiger partial charge in [-0.15, -0.1) is 0 Å². The normalized spacial score (nSPS) is 11.3. The van der Waals surface area contributed by atoms with E-state index in [9.17, 15) is 18.7 Å². The number of ether oxygens (including phenoxy) is 2. The van der Waals surface area contributed by atoms with Gasteiger partial charge in [-0.25, -0.2) is 13.6 Å². The number of hydrogen-bond acceptors (Lipinski definition) is 4. The summed E-state index contributed by atoms with van der Waals surface area (Å²) in [5, 5.41) is 11.9. The molecule has 0 radical (unpaired) electrons. The van der Waals surface area contributed by atoms with E-state index in [2.05, 4.69) is 5.32 Å². The molecule has 0 fully saturated rings. The van der Waals surface area contributed by atoms with Gasteiger partial charge in [0.05, 0.1) is 6.54 Å². The van der Waals surface area contributed by atoms with E-state index in [1.807, 2.05) is 0 Å². The molecule has 0 aliphatic heterocycles. The third-order valence-electron chi connectivity index (χ3n) is 2.26. The van der Waals surface area contributed by atoms with E-state index >= 15 is 0 Å². The van der Waals surface area contributed by atoms with Gasteiger partial charge >= 0.3 is 6.09 Å². The molecule has 0 saturated carbocycles. The molecule has 0 unspecified atom stereocenters. The van der Waals surface area contributed by atoms with Crippen molar-refractivity contribution in [2.75, 3.05) is 13.2 Å². The monoisotopic (exact) mass is 303 g/mol. The van der Waals surface area contributed by atoms with E-state index in [0.717, 1.165) is 18.2 Å². The van der Waals surface area contributed by atoms with E-state index in [-0.39, 0.29) is 30.2 Å². The quantitative estimate of drug-likeness (QED) is 0.819. The lowest BCUT2D eigenvalue weighted by Crippen LogP contribution is -2.34. The number of benzene rings is 1. The number of amides is 1. The number of carbonyl (C=O) groups is 1. The van der Waals surface area contributed by atoms with Gasteiger partial charge in [-0.1, -0.05) is 0 Å². The van der Waals surface area contributed by atoms with Gasteiger partial charge in [0.15, 0.2) is 11.5 Å². The second-order valence-corrected chi connectivity index (χ2v) is 5.30. The third kappa shape index (κ3) is 6.29. The molecule has 0 heterocycles. The number of phenols is 1. The molecule has 0 aromatic heterocycles. The number of aromatic hydroxyl groups is 1. The number of hydrogen-bond donors (Lipinski definition) is 2. The maximum atomic E-state index is 12.5. The maximum Gasteiger partial charge on any atom is 0.407 e. The molecule has 0 bridgehead atoms. The maximum absolute atomic E-state index is 12.5. The molecule has 1 aromatic rings. The smallest absolute Gasteiger partial charge is 0.407 e. The highest BCUT2D eigenvalue weighted by Gasteiger charge is 2.15. The molecule has 1 amide bonds. The Kier molecular flexibility index (Phi) is 5.75. The average molecular weight is 303 g/mol. The van der Waals surface area contributed by atoms with Crippen LogP contribution in [0.5, 0.6) is 11.5 Å². The van der Waals surface area contributed by atoms with Crippen LogP contribution in [-0.2, 0) is 4.74 Å². The van der Waals surface area contributed by atoms with Crippen molar-refractivity contribution in [3.8, 4) is 11.5 Å². The molecule has 1 aromatic carbocycles. The molecule has 0 aliphatic carbocycles. The Hall–Kier alpha value is -2.05. The highest BCUT2D eigenvalue weighted by Crippen LogP contribution is 2.30. The molecule has 5 nitrogen and oxygen atoms in total. The molecule has 21 heavy (non-hydrogen) atoms. The van der Waals surface area contributed by atoms with E-state index in [1.54, 1.807) is 20.8 Å². The fourth-order valence-electron chi connectivity index (χ4n) is 1.41. The first-order valence-corrected chi connectivity index (χ1v) is 6.40. The van der Waals surface area contributed by atoms with Gasteiger partial charge in [-0.05, 0) is 39.0 Å². The zero-order valence-corrected chi connectivity index (χ0v) is 12.2. The van der Waals surface area contributed by atoms with Gasteiger partial charge < -0.3 is 19.9 Å². The summed E-state index contributed by atoms with van der Waals surface area (Å²) >= 11 is 0. The fourth-order valence-corrected chi connectivity index (χ4v) is 1.41. The van der Waals surface area contributed by atoms with E-state index in [0.29, 0.717) is 0 Å². The first kappa shape index (κ1) is 17.0. The SMILES string of the molecule is CC(C)(C)OC(=O)NCCOc1cc(C(F)F)ccc1O. The summed E-state index contributed by atoms with van der Waals surface area (Å²) < 4.78 is 35.2. The van der Waals surface area contributed by atoms with Crippen molar-refractivity contribution in [1.82, 2.24) is 5.32 Å². The van der Waals surface area contributed by atoms with E-state index in [4.69, 9.17) is 9.47 Å². The van der Waals surface area contributed by atoms with Crippen molar-refractivity contribution < 1.29 is 28.2 Å². The van der Waals surface area contributed by atoms with Gasteiger partial charge in [-0.2, -0.15) is 0 Å². The van der Waals surface area contributed by atoms with Gasteiger partial charge in [0, 0.05) is 5.56 Å². The minimum absolute atomic E-state index is 0.0134. The molecular weight excluding hydrogens is 284 g/mol. The largest absolute Gasteiger partial charge is 0.504 e. The molecule has 7 heteroatoms. The highest BCUT2D eigenvalue weighted by atomic mass is 19.3. The Labute approximate surface area is 121 Å². The molecule has 0 aliphatic rings. The number of nitrogens with one attached hydrogen (secondary N) is 1. The molecule has 1 rings (SSSR count). The summed E-state index contributed by atoms with van der Waals surface area (Å²) in [7, 11) is 0. The zero-order valence-electron chi connectivity index (χ0n) is 12.2. The van der Waals surface area contributed by atoms with Crippen LogP contribution >= 0.6 is 0 Å². The summed E-state index contributed by atoms with van der Waals surface area (Å²) in [5.41, 5.74) is -0.850. The fraction of sp³-hybridized carbons (Fsp3) is 0.500. The first-order chi connectivity index (χ1) is 9.69. The number of alkyl carbamates (subject to hydrolysis) is 1. The molecule has 0 spiro atoms. The number of carbonyl (C=O) groups excluding carboxylic acids is 1. The van der Waals surface area contributed by atoms with Crippen LogP contribution in [0.25, 0.3) is 0 Å². The van der Waals surface area contributed by atoms with Crippen LogP contribution in [-0.4, -0.2) is 30.0 Å². The second-order valence-electron chi connectivity index (χ2n) is 5.30. The summed E-state index contributed by atoms with van der Waals surface area (Å²) in [6, 6.07) is 3.32. The third-order valence-corrected chi connectivity index (χ3v) is 2.26. The summed E-state index contributed by atoms with van der Waals surface area (Å²) in [6.07, 6.45) is -3.25. The standard InChI is InChI=1S/C14H19F2NO4/c1-14(2,3)21-13(19)17-6-7-20-11-8-9(12(15)16)4-5-10(11)18/h4-5,8,12,18H,6-7H2,1-3H3,(H,17,19). The number of phenolic OH excluding ortho intramolecular Hbond substituents is 1. The van der Waals surface area contributed by atoms with Crippen LogP contribution in [0.2, 0.25) is 0 Å².